The van der Waals surface area contributed by atoms with Crippen LogP contribution < -0.4 is 10.6 Å². The van der Waals surface area contributed by atoms with Gasteiger partial charge in [0, 0.05) is 39.9 Å². The summed E-state index contributed by atoms with van der Waals surface area (Å²) in [6, 6.07) is 12.7. The number of nitrogens with one attached hydrogen (secondary N) is 2. The maximum Gasteiger partial charge on any atom is 0.321 e. The summed E-state index contributed by atoms with van der Waals surface area (Å²) in [6.45, 7) is 3.47. The number of rotatable bonds is 3. The molecule has 1 aromatic heterocycles. The Hall–Kier alpha value is -2.80. The highest BCUT2D eigenvalue weighted by Gasteiger charge is 2.18. The Morgan fingerprint density at radius 2 is 1.57 bits per heavy atom. The smallest absolute Gasteiger partial charge is 0.321 e. The van der Waals surface area contributed by atoms with Crippen LogP contribution in [0.25, 0.3) is 11.0 Å². The minimum atomic E-state index is -0.304. The van der Waals surface area contributed by atoms with Gasteiger partial charge in [0.25, 0.3) is 5.91 Å². The second-order valence-electron chi connectivity index (χ2n) is 7.56. The van der Waals surface area contributed by atoms with Crippen LogP contribution >= 0.6 is 15.9 Å². The lowest BCUT2D eigenvalue weighted by Crippen LogP contribution is -2.35. The monoisotopic (exact) mass is 469 g/mol. The molecule has 0 spiro atoms. The van der Waals surface area contributed by atoms with Crippen molar-refractivity contribution in [3.05, 3.63) is 58.3 Å². The number of hydrogen-bond acceptors (Lipinski definition) is 3. The highest BCUT2D eigenvalue weighted by Crippen LogP contribution is 2.28. The molecule has 1 saturated heterocycles. The molecule has 7 heteroatoms. The Labute approximate surface area is 183 Å². The van der Waals surface area contributed by atoms with Gasteiger partial charge in [0.05, 0.1) is 0 Å². The van der Waals surface area contributed by atoms with Gasteiger partial charge in [-0.3, -0.25) is 4.79 Å². The number of amides is 3. The van der Waals surface area contributed by atoms with Gasteiger partial charge in [-0.2, -0.15) is 0 Å². The third kappa shape index (κ3) is 4.51. The van der Waals surface area contributed by atoms with Crippen molar-refractivity contribution in [1.82, 2.24) is 4.90 Å². The molecule has 1 aliphatic heterocycles. The summed E-state index contributed by atoms with van der Waals surface area (Å²) in [4.78, 5) is 27.0. The van der Waals surface area contributed by atoms with Crippen molar-refractivity contribution in [3.8, 4) is 0 Å². The number of fused-ring (bicyclic) bond motifs is 1. The number of anilines is 2. The average Bonchev–Trinajstić information content (AvgIpc) is 2.91. The Bertz CT molecular complexity index is 1070. The second-order valence-corrected chi connectivity index (χ2v) is 8.48. The van der Waals surface area contributed by atoms with Crippen molar-refractivity contribution in [2.45, 2.75) is 32.6 Å². The van der Waals surface area contributed by atoms with E-state index in [1.807, 2.05) is 30.0 Å². The predicted octanol–water partition coefficient (Wildman–Crippen LogP) is 6.16. The van der Waals surface area contributed by atoms with Crippen LogP contribution in [0.1, 0.15) is 41.8 Å². The molecule has 0 unspecified atom stereocenters. The minimum absolute atomic E-state index is 0.0715. The molecule has 0 aliphatic carbocycles. The van der Waals surface area contributed by atoms with E-state index in [1.165, 1.54) is 12.8 Å². The number of benzene rings is 2. The first-order chi connectivity index (χ1) is 14.5. The largest absolute Gasteiger partial charge is 0.451 e. The predicted molar refractivity (Wildman–Crippen MR) is 122 cm³/mol. The number of furan rings is 1. The van der Waals surface area contributed by atoms with Gasteiger partial charge in [-0.05, 0) is 62.2 Å². The number of aryl methyl sites for hydroxylation is 1. The molecular formula is C23H24BrN3O3. The molecule has 0 radical (unpaired) electrons. The molecular weight excluding hydrogens is 446 g/mol. The van der Waals surface area contributed by atoms with Crippen molar-refractivity contribution in [2.24, 2.45) is 0 Å². The Kier molecular flexibility index (Phi) is 6.08. The van der Waals surface area contributed by atoms with Crippen LogP contribution in [-0.4, -0.2) is 29.9 Å². The van der Waals surface area contributed by atoms with Gasteiger partial charge in [-0.15, -0.1) is 0 Å². The van der Waals surface area contributed by atoms with E-state index >= 15 is 0 Å². The third-order valence-corrected chi connectivity index (χ3v) is 5.89. The lowest BCUT2D eigenvalue weighted by molar-refractivity contribution is 0.0998. The molecule has 1 aliphatic rings. The first-order valence-electron chi connectivity index (χ1n) is 10.2. The van der Waals surface area contributed by atoms with Crippen LogP contribution in [0.3, 0.4) is 0 Å². The summed E-state index contributed by atoms with van der Waals surface area (Å²) in [7, 11) is 0. The molecule has 0 atom stereocenters. The van der Waals surface area contributed by atoms with Crippen LogP contribution in [0.5, 0.6) is 0 Å². The fourth-order valence-corrected chi connectivity index (χ4v) is 4.07. The van der Waals surface area contributed by atoms with Gasteiger partial charge in [0.15, 0.2) is 5.76 Å². The lowest BCUT2D eigenvalue weighted by Gasteiger charge is -2.20. The molecule has 156 valence electrons. The molecule has 30 heavy (non-hydrogen) atoms. The Balaban J connectivity index is 1.41. The molecule has 3 amide bonds. The Morgan fingerprint density at radius 1 is 0.933 bits per heavy atom. The summed E-state index contributed by atoms with van der Waals surface area (Å²) >= 11 is 3.44. The van der Waals surface area contributed by atoms with E-state index in [9.17, 15) is 9.59 Å². The SMILES string of the molecule is Cc1c(C(=O)Nc2ccc(NC(=O)N3CCCCCC3)cc2)oc2ccc(Br)cc12. The van der Waals surface area contributed by atoms with E-state index in [0.717, 1.165) is 41.4 Å². The number of hydrogen-bond donors (Lipinski definition) is 2. The van der Waals surface area contributed by atoms with Crippen molar-refractivity contribution < 1.29 is 14.0 Å². The summed E-state index contributed by atoms with van der Waals surface area (Å²) in [5, 5.41) is 6.70. The quantitative estimate of drug-likeness (QED) is 0.481. The first kappa shape index (κ1) is 20.5. The normalized spacial score (nSPS) is 14.4. The van der Waals surface area contributed by atoms with E-state index in [4.69, 9.17) is 4.42 Å². The van der Waals surface area contributed by atoms with Gasteiger partial charge in [-0.25, -0.2) is 4.79 Å². The molecule has 0 bridgehead atoms. The molecule has 2 N–H and O–H groups in total. The maximum absolute atomic E-state index is 12.7. The molecule has 3 aromatic rings. The van der Waals surface area contributed by atoms with Gasteiger partial charge < -0.3 is 20.0 Å². The highest BCUT2D eigenvalue weighted by molar-refractivity contribution is 9.10. The summed E-state index contributed by atoms with van der Waals surface area (Å²) in [5.74, 6) is -0.0113. The number of nitrogens with zero attached hydrogens (tertiary/aromatic N) is 1. The molecule has 1 fully saturated rings. The van der Waals surface area contributed by atoms with Crippen LogP contribution in [0, 0.1) is 6.92 Å². The standard InChI is InChI=1S/C23H24BrN3O3/c1-15-19-14-16(24)6-11-20(19)30-21(15)22(28)25-17-7-9-18(10-8-17)26-23(29)27-12-4-2-3-5-13-27/h6-11,14H,2-5,12-13H2,1H3,(H,25,28)(H,26,29). The average molecular weight is 470 g/mol. The molecule has 0 saturated carbocycles. The summed E-state index contributed by atoms with van der Waals surface area (Å²) in [6.07, 6.45) is 4.47. The summed E-state index contributed by atoms with van der Waals surface area (Å²) < 4.78 is 6.68. The summed E-state index contributed by atoms with van der Waals surface area (Å²) in [5.41, 5.74) is 2.80. The van der Waals surface area contributed by atoms with E-state index in [2.05, 4.69) is 26.6 Å². The first-order valence-corrected chi connectivity index (χ1v) is 11.0. The molecule has 2 aromatic carbocycles. The van der Waals surface area contributed by atoms with Crippen molar-refractivity contribution in [1.29, 1.82) is 0 Å². The van der Waals surface area contributed by atoms with Gasteiger partial charge in [-0.1, -0.05) is 28.8 Å². The third-order valence-electron chi connectivity index (χ3n) is 5.39. The topological polar surface area (TPSA) is 74.6 Å². The fourth-order valence-electron chi connectivity index (χ4n) is 3.71. The molecule has 2 heterocycles. The van der Waals surface area contributed by atoms with Crippen molar-refractivity contribution >= 4 is 50.2 Å². The van der Waals surface area contributed by atoms with E-state index in [1.54, 1.807) is 24.3 Å². The zero-order valence-corrected chi connectivity index (χ0v) is 18.4. The second kappa shape index (κ2) is 8.92. The van der Waals surface area contributed by atoms with Crippen molar-refractivity contribution in [2.75, 3.05) is 23.7 Å². The fraction of sp³-hybridized carbons (Fsp3) is 0.304. The van der Waals surface area contributed by atoms with Crippen LogP contribution in [0.2, 0.25) is 0 Å². The zero-order chi connectivity index (χ0) is 21.1. The number of carbonyl (C=O) groups is 2. The van der Waals surface area contributed by atoms with E-state index in [0.29, 0.717) is 22.7 Å². The van der Waals surface area contributed by atoms with Crippen molar-refractivity contribution in [3.63, 3.8) is 0 Å². The van der Waals surface area contributed by atoms with E-state index < -0.39 is 0 Å². The van der Waals surface area contributed by atoms with E-state index in [-0.39, 0.29) is 11.9 Å². The number of urea groups is 1. The van der Waals surface area contributed by atoms with Crippen LogP contribution in [0.15, 0.2) is 51.4 Å². The Morgan fingerprint density at radius 3 is 2.23 bits per heavy atom. The minimum Gasteiger partial charge on any atom is -0.451 e. The highest BCUT2D eigenvalue weighted by atomic mass is 79.9. The van der Waals surface area contributed by atoms with Gasteiger partial charge in [0.2, 0.25) is 0 Å². The maximum atomic E-state index is 12.7. The number of carbonyl (C=O) groups excluding carboxylic acids is 2. The molecule has 6 nitrogen and oxygen atoms in total. The van der Waals surface area contributed by atoms with Crippen LogP contribution in [0.4, 0.5) is 16.2 Å². The molecule has 4 rings (SSSR count). The zero-order valence-electron chi connectivity index (χ0n) is 16.8. The van der Waals surface area contributed by atoms with Crippen LogP contribution in [-0.2, 0) is 0 Å². The van der Waals surface area contributed by atoms with Gasteiger partial charge >= 0.3 is 6.03 Å². The lowest BCUT2D eigenvalue weighted by atomic mass is 10.1. The number of likely N-dealkylation sites (tertiary alicyclic amines) is 1. The number of halogens is 1. The van der Waals surface area contributed by atoms with Gasteiger partial charge in [0.1, 0.15) is 5.58 Å².